The molecule has 0 saturated heterocycles. The number of hydrogen-bond acceptors (Lipinski definition) is 3. The lowest BCUT2D eigenvalue weighted by Crippen LogP contribution is -2.21. The lowest BCUT2D eigenvalue weighted by Gasteiger charge is -2.13. The predicted molar refractivity (Wildman–Crippen MR) is 139 cm³/mol. The van der Waals surface area contributed by atoms with Gasteiger partial charge < -0.3 is 9.84 Å². The number of ether oxygens (including phenoxy) is 1. The van der Waals surface area contributed by atoms with E-state index in [1.54, 1.807) is 0 Å². The van der Waals surface area contributed by atoms with Gasteiger partial charge in [-0.15, -0.1) is 0 Å². The van der Waals surface area contributed by atoms with Crippen molar-refractivity contribution in [3.63, 3.8) is 0 Å². The van der Waals surface area contributed by atoms with Crippen LogP contribution in [-0.4, -0.2) is 23.7 Å². The molecule has 1 N–H and O–H groups in total. The summed E-state index contributed by atoms with van der Waals surface area (Å²) in [6, 6.07) is 0. The Kier molecular flexibility index (Phi) is 23.9. The second kappa shape index (κ2) is 25.1. The average molecular weight is 465 g/mol. The third kappa shape index (κ3) is 23.4. The summed E-state index contributed by atoms with van der Waals surface area (Å²) in [5.41, 5.74) is 0. The molecule has 4 heteroatoms. The first-order chi connectivity index (χ1) is 16.1. The molecule has 192 valence electrons. The smallest absolute Gasteiger partial charge is 0.309 e. The van der Waals surface area contributed by atoms with Crippen molar-refractivity contribution in [2.24, 2.45) is 5.92 Å². The van der Waals surface area contributed by atoms with Crippen molar-refractivity contribution in [2.75, 3.05) is 6.61 Å². The summed E-state index contributed by atoms with van der Waals surface area (Å²) in [7, 11) is 0. The van der Waals surface area contributed by atoms with E-state index in [-0.39, 0.29) is 13.0 Å². The number of hydrogen-bond donors (Lipinski definition) is 1. The van der Waals surface area contributed by atoms with Crippen LogP contribution in [0.4, 0.5) is 0 Å². The second-order valence-electron chi connectivity index (χ2n) is 9.35. The van der Waals surface area contributed by atoms with E-state index in [1.165, 1.54) is 102 Å². The molecule has 0 aliphatic rings. The van der Waals surface area contributed by atoms with Gasteiger partial charge in [-0.3, -0.25) is 9.59 Å². The van der Waals surface area contributed by atoms with E-state index >= 15 is 0 Å². The fourth-order valence-electron chi connectivity index (χ4n) is 4.12. The summed E-state index contributed by atoms with van der Waals surface area (Å²) >= 11 is 0. The molecular formula is C29H52O4. The largest absolute Gasteiger partial charge is 0.481 e. The fraction of sp³-hybridized carbons (Fsp3) is 0.793. The lowest BCUT2D eigenvalue weighted by atomic mass is 9.97. The van der Waals surface area contributed by atoms with Gasteiger partial charge in [-0.1, -0.05) is 122 Å². The minimum atomic E-state index is -0.944. The Hall–Kier alpha value is -1.58. The lowest BCUT2D eigenvalue weighted by molar-refractivity contribution is -0.152. The third-order valence-electron chi connectivity index (χ3n) is 6.16. The Morgan fingerprint density at radius 2 is 1.21 bits per heavy atom. The van der Waals surface area contributed by atoms with Crippen LogP contribution >= 0.6 is 0 Å². The van der Waals surface area contributed by atoms with Crippen LogP contribution in [-0.2, 0) is 14.3 Å². The second-order valence-corrected chi connectivity index (χ2v) is 9.35. The molecule has 0 aliphatic carbocycles. The molecule has 0 aromatic rings. The first kappa shape index (κ1) is 31.4. The van der Waals surface area contributed by atoms with Gasteiger partial charge in [-0.05, 0) is 32.1 Å². The molecule has 33 heavy (non-hydrogen) atoms. The molecule has 0 fully saturated rings. The number of carbonyl (C=O) groups excluding carboxylic acids is 1. The van der Waals surface area contributed by atoms with E-state index in [9.17, 15) is 9.59 Å². The first-order valence-electron chi connectivity index (χ1n) is 13.8. The van der Waals surface area contributed by atoms with Gasteiger partial charge in [-0.2, -0.15) is 0 Å². The van der Waals surface area contributed by atoms with Crippen LogP contribution in [0.2, 0.25) is 0 Å². The molecule has 0 heterocycles. The van der Waals surface area contributed by atoms with E-state index in [1.807, 2.05) is 0 Å². The fourth-order valence-corrected chi connectivity index (χ4v) is 4.12. The molecule has 0 amide bonds. The number of carbonyl (C=O) groups is 2. The maximum Gasteiger partial charge on any atom is 0.309 e. The summed E-state index contributed by atoms with van der Waals surface area (Å²) in [5.74, 6) is -1.89. The van der Waals surface area contributed by atoms with Gasteiger partial charge in [0.2, 0.25) is 0 Å². The Morgan fingerprint density at radius 3 is 1.67 bits per heavy atom. The van der Waals surface area contributed by atoms with Gasteiger partial charge in [0.05, 0.1) is 12.3 Å². The number of esters is 1. The average Bonchev–Trinajstić information content (AvgIpc) is 2.80. The van der Waals surface area contributed by atoms with Crippen LogP contribution in [0.3, 0.4) is 0 Å². The first-order valence-corrected chi connectivity index (χ1v) is 13.8. The van der Waals surface area contributed by atoms with Gasteiger partial charge in [0.1, 0.15) is 6.61 Å². The highest BCUT2D eigenvalue weighted by Crippen LogP contribution is 2.18. The molecule has 1 atom stereocenters. The molecule has 0 rings (SSSR count). The Morgan fingerprint density at radius 1 is 0.758 bits per heavy atom. The summed E-state index contributed by atoms with van der Waals surface area (Å²) in [5, 5.41) is 8.99. The zero-order valence-corrected chi connectivity index (χ0v) is 21.5. The van der Waals surface area contributed by atoms with Crippen molar-refractivity contribution in [1.29, 1.82) is 0 Å². The van der Waals surface area contributed by atoms with E-state index in [0.29, 0.717) is 6.42 Å². The zero-order chi connectivity index (χ0) is 24.4. The van der Waals surface area contributed by atoms with Crippen LogP contribution < -0.4 is 0 Å². The predicted octanol–water partition coefficient (Wildman–Crippen LogP) is 8.79. The molecular weight excluding hydrogens is 412 g/mol. The van der Waals surface area contributed by atoms with Gasteiger partial charge in [0.15, 0.2) is 0 Å². The number of rotatable bonds is 25. The SMILES string of the molecule is C=CCOC(=O)C(CCCCCCCCCCCCCCC/C=C/CCCCC)CC(=O)O. The van der Waals surface area contributed by atoms with Crippen molar-refractivity contribution in [2.45, 2.75) is 135 Å². The summed E-state index contributed by atoms with van der Waals surface area (Å²) in [6.07, 6.45) is 29.7. The Labute approximate surface area is 204 Å². The number of carboxylic acid groups (broad SMARTS) is 1. The summed E-state index contributed by atoms with van der Waals surface area (Å²) < 4.78 is 5.03. The van der Waals surface area contributed by atoms with E-state index < -0.39 is 17.9 Å². The minimum absolute atomic E-state index is 0.145. The van der Waals surface area contributed by atoms with Crippen LogP contribution in [0, 0.1) is 5.92 Å². The van der Waals surface area contributed by atoms with Gasteiger partial charge >= 0.3 is 11.9 Å². The third-order valence-corrected chi connectivity index (χ3v) is 6.16. The number of unbranched alkanes of at least 4 members (excludes halogenated alkanes) is 16. The van der Waals surface area contributed by atoms with Crippen molar-refractivity contribution in [3.05, 3.63) is 24.8 Å². The molecule has 0 aromatic heterocycles. The maximum atomic E-state index is 11.9. The van der Waals surface area contributed by atoms with Crippen LogP contribution in [0.5, 0.6) is 0 Å². The quantitative estimate of drug-likeness (QED) is 0.0832. The highest BCUT2D eigenvalue weighted by Gasteiger charge is 2.22. The molecule has 0 aliphatic heterocycles. The molecule has 0 aromatic carbocycles. The van der Waals surface area contributed by atoms with Crippen molar-refractivity contribution >= 4 is 11.9 Å². The van der Waals surface area contributed by atoms with Crippen LogP contribution in [0.25, 0.3) is 0 Å². The molecule has 0 radical (unpaired) electrons. The van der Waals surface area contributed by atoms with Crippen molar-refractivity contribution in [3.8, 4) is 0 Å². The van der Waals surface area contributed by atoms with Crippen molar-refractivity contribution < 1.29 is 19.4 Å². The Balaban J connectivity index is 3.43. The number of aliphatic carboxylic acids is 1. The van der Waals surface area contributed by atoms with Crippen LogP contribution in [0.15, 0.2) is 24.8 Å². The minimum Gasteiger partial charge on any atom is -0.481 e. The number of carboxylic acids is 1. The topological polar surface area (TPSA) is 63.6 Å². The molecule has 1 unspecified atom stereocenters. The molecule has 0 bridgehead atoms. The highest BCUT2D eigenvalue weighted by atomic mass is 16.5. The zero-order valence-electron chi connectivity index (χ0n) is 21.5. The standard InChI is InChI=1S/C29H52O4/c1-3-5-6-7-8-9-10-11-12-13-14-15-16-17-18-19-20-21-22-23-24-27(26-28(30)31)29(32)33-25-4-2/h4,8-9,27H,2-3,5-7,10-26H2,1H3,(H,30,31)/b9-8+. The maximum absolute atomic E-state index is 11.9. The summed E-state index contributed by atoms with van der Waals surface area (Å²) in [6.45, 7) is 5.91. The van der Waals surface area contributed by atoms with E-state index in [2.05, 4.69) is 25.7 Å². The Bertz CT molecular complexity index is 498. The molecule has 0 spiro atoms. The normalized spacial score (nSPS) is 12.2. The summed E-state index contributed by atoms with van der Waals surface area (Å²) in [4.78, 5) is 22.9. The monoisotopic (exact) mass is 464 g/mol. The number of allylic oxidation sites excluding steroid dienone is 2. The van der Waals surface area contributed by atoms with Crippen LogP contribution in [0.1, 0.15) is 135 Å². The van der Waals surface area contributed by atoms with Crippen molar-refractivity contribution in [1.82, 2.24) is 0 Å². The molecule has 0 saturated carbocycles. The van der Waals surface area contributed by atoms with E-state index in [0.717, 1.165) is 19.3 Å². The van der Waals surface area contributed by atoms with Gasteiger partial charge in [-0.25, -0.2) is 0 Å². The van der Waals surface area contributed by atoms with Gasteiger partial charge in [0, 0.05) is 0 Å². The highest BCUT2D eigenvalue weighted by molar-refractivity contribution is 5.79. The molecule has 4 nitrogen and oxygen atoms in total. The van der Waals surface area contributed by atoms with E-state index in [4.69, 9.17) is 9.84 Å². The van der Waals surface area contributed by atoms with Gasteiger partial charge in [0.25, 0.3) is 0 Å².